The molecule has 0 unspecified atom stereocenters. The number of methoxy groups -OCH3 is 1. The molecule has 0 spiro atoms. The van der Waals surface area contributed by atoms with Crippen molar-refractivity contribution in [1.29, 1.82) is 0 Å². The Hall–Kier alpha value is -4.39. The van der Waals surface area contributed by atoms with Crippen molar-refractivity contribution in [3.05, 3.63) is 85.3 Å². The summed E-state index contributed by atoms with van der Waals surface area (Å²) in [5, 5.41) is 10.9. The Kier molecular flexibility index (Phi) is 9.27. The first-order valence-corrected chi connectivity index (χ1v) is 16.2. The van der Waals surface area contributed by atoms with Crippen LogP contribution in [0.2, 0.25) is 0 Å². The number of rotatable bonds is 4. The highest BCUT2D eigenvalue weighted by atomic mass is 16.6. The van der Waals surface area contributed by atoms with E-state index in [1.54, 1.807) is 19.1 Å². The topological polar surface area (TPSA) is 122 Å². The molecule has 3 atom stereocenters. The Morgan fingerprint density at radius 2 is 1.83 bits per heavy atom. The van der Waals surface area contributed by atoms with E-state index in [-0.39, 0.29) is 37.0 Å². The van der Waals surface area contributed by atoms with E-state index in [1.807, 2.05) is 13.8 Å². The Bertz CT molecular complexity index is 1880. The molecule has 3 aliphatic heterocycles. The van der Waals surface area contributed by atoms with Crippen LogP contribution in [0.1, 0.15) is 85.9 Å². The lowest BCUT2D eigenvalue weighted by Crippen LogP contribution is -2.54. The van der Waals surface area contributed by atoms with Crippen LogP contribution in [0.5, 0.6) is 5.75 Å². The molecule has 5 bridgehead atoms. The predicted octanol–water partition coefficient (Wildman–Crippen LogP) is 5.38. The fourth-order valence-corrected chi connectivity index (χ4v) is 6.86. The van der Waals surface area contributed by atoms with E-state index in [1.165, 1.54) is 7.11 Å². The third-order valence-corrected chi connectivity index (χ3v) is 9.45. The number of carbonyl (C=O) groups is 2. The first kappa shape index (κ1) is 32.5. The van der Waals surface area contributed by atoms with Gasteiger partial charge in [0.15, 0.2) is 17.8 Å². The molecule has 47 heavy (non-hydrogen) atoms. The summed E-state index contributed by atoms with van der Waals surface area (Å²) in [6, 6.07) is 9.76. The molecule has 6 rings (SSSR count). The van der Waals surface area contributed by atoms with Crippen molar-refractivity contribution in [2.24, 2.45) is 0 Å². The monoisotopic (exact) mass is 640 g/mol. The molecule has 0 radical (unpaired) electrons. The van der Waals surface area contributed by atoms with E-state index in [9.17, 15) is 19.5 Å². The van der Waals surface area contributed by atoms with Crippen molar-refractivity contribution >= 4 is 22.9 Å². The fraction of sp³-hybridized carbons (Fsp3) is 0.447. The highest BCUT2D eigenvalue weighted by molar-refractivity contribution is 5.90. The molecule has 0 aliphatic carbocycles. The number of benzene rings is 2. The van der Waals surface area contributed by atoms with Crippen LogP contribution in [-0.4, -0.2) is 42.5 Å². The molecule has 9 nitrogen and oxygen atoms in total. The first-order chi connectivity index (χ1) is 22.6. The highest BCUT2D eigenvalue weighted by Gasteiger charge is 2.53. The van der Waals surface area contributed by atoms with Gasteiger partial charge in [-0.3, -0.25) is 4.79 Å². The van der Waals surface area contributed by atoms with Crippen LogP contribution in [0, 0.1) is 11.8 Å². The maximum absolute atomic E-state index is 14.1. The molecule has 1 aromatic heterocycles. The van der Waals surface area contributed by atoms with Gasteiger partial charge in [-0.1, -0.05) is 35.6 Å². The summed E-state index contributed by atoms with van der Waals surface area (Å²) >= 11 is 0. The van der Waals surface area contributed by atoms with E-state index in [0.29, 0.717) is 59.9 Å². The molecule has 3 aromatic rings. The van der Waals surface area contributed by atoms with Crippen molar-refractivity contribution < 1.29 is 38.1 Å². The quantitative estimate of drug-likeness (QED) is 0.174. The molecule has 0 saturated carbocycles. The normalized spacial score (nSPS) is 22.6. The molecule has 2 aromatic carbocycles. The van der Waals surface area contributed by atoms with Gasteiger partial charge in [0.25, 0.3) is 0 Å². The van der Waals surface area contributed by atoms with Gasteiger partial charge < -0.3 is 28.5 Å². The molecule has 1 N–H and O–H groups in total. The minimum absolute atomic E-state index is 0.104. The minimum Gasteiger partial charge on any atom is -0.482 e. The van der Waals surface area contributed by atoms with Gasteiger partial charge in [0.2, 0.25) is 0 Å². The number of aryl methyl sites for hydroxylation is 2. The Balaban J connectivity index is 1.59. The maximum Gasteiger partial charge on any atom is 0.339 e. The van der Waals surface area contributed by atoms with Gasteiger partial charge in [0.05, 0.1) is 25.2 Å². The van der Waals surface area contributed by atoms with Crippen molar-refractivity contribution in [1.82, 2.24) is 0 Å². The van der Waals surface area contributed by atoms with Gasteiger partial charge >= 0.3 is 17.6 Å². The summed E-state index contributed by atoms with van der Waals surface area (Å²) < 4.78 is 30.4. The molecular weight excluding hydrogens is 600 g/mol. The lowest BCUT2D eigenvalue weighted by Gasteiger charge is -2.44. The number of hydrogen-bond donors (Lipinski definition) is 1. The van der Waals surface area contributed by atoms with E-state index >= 15 is 0 Å². The second kappa shape index (κ2) is 13.4. The van der Waals surface area contributed by atoms with Crippen LogP contribution < -0.4 is 10.4 Å². The van der Waals surface area contributed by atoms with Crippen molar-refractivity contribution in [3.63, 3.8) is 0 Å². The third kappa shape index (κ3) is 6.32. The summed E-state index contributed by atoms with van der Waals surface area (Å²) in [4.78, 5) is 41.1. The van der Waals surface area contributed by atoms with Crippen LogP contribution in [0.25, 0.3) is 11.0 Å². The predicted molar refractivity (Wildman–Crippen MR) is 174 cm³/mol. The van der Waals surface area contributed by atoms with E-state index in [2.05, 4.69) is 30.0 Å². The van der Waals surface area contributed by atoms with Crippen molar-refractivity contribution in [3.8, 4) is 17.6 Å². The highest BCUT2D eigenvalue weighted by Crippen LogP contribution is 2.48. The third-order valence-electron chi connectivity index (χ3n) is 9.45. The van der Waals surface area contributed by atoms with Crippen LogP contribution in [0.3, 0.4) is 0 Å². The van der Waals surface area contributed by atoms with E-state index < -0.39 is 42.0 Å². The molecule has 3 aliphatic rings. The summed E-state index contributed by atoms with van der Waals surface area (Å²) in [7, 11) is 1.53. The van der Waals surface area contributed by atoms with E-state index in [4.69, 9.17) is 23.4 Å². The summed E-state index contributed by atoms with van der Waals surface area (Å²) in [6.07, 6.45) is 1.04. The number of aliphatic hydroxyl groups excluding tert-OH is 1. The number of allylic oxidation sites excluding steroid dienone is 1. The second-order valence-electron chi connectivity index (χ2n) is 12.9. The molecule has 0 saturated heterocycles. The van der Waals surface area contributed by atoms with Gasteiger partial charge in [-0.05, 0) is 80.8 Å². The average molecular weight is 641 g/mol. The first-order valence-electron chi connectivity index (χ1n) is 16.2. The molecule has 4 heterocycles. The number of esters is 2. The zero-order valence-corrected chi connectivity index (χ0v) is 27.3. The number of fused-ring (bicyclic) bond motifs is 7. The maximum atomic E-state index is 14.1. The summed E-state index contributed by atoms with van der Waals surface area (Å²) in [5.74, 6) is 5.87. The molecule has 0 amide bonds. The van der Waals surface area contributed by atoms with Gasteiger partial charge in [-0.15, -0.1) is 0 Å². The molecule has 0 fully saturated rings. The number of carbonyl (C=O) groups excluding carboxylic acids is 2. The lowest BCUT2D eigenvalue weighted by molar-refractivity contribution is -0.189. The molecular formula is C38H40O9. The Morgan fingerprint density at radius 1 is 1.00 bits per heavy atom. The van der Waals surface area contributed by atoms with E-state index in [0.717, 1.165) is 22.3 Å². The van der Waals surface area contributed by atoms with Gasteiger partial charge in [-0.25, -0.2) is 9.59 Å². The van der Waals surface area contributed by atoms with Crippen molar-refractivity contribution in [2.75, 3.05) is 13.7 Å². The second-order valence-corrected chi connectivity index (χ2v) is 12.9. The molecule has 9 heteroatoms. The zero-order chi connectivity index (χ0) is 33.3. The van der Waals surface area contributed by atoms with Crippen molar-refractivity contribution in [2.45, 2.75) is 96.6 Å². The van der Waals surface area contributed by atoms with Crippen LogP contribution in [-0.2, 0) is 56.1 Å². The average Bonchev–Trinajstić information content (AvgIpc) is 3.03. The SMILES string of the molecule is COCCc1c(CO)c2ccc3c(c2oc1=O)[C@H]1OC(=O)CCCc2ccc4cc2CC#CC[C@](C)(O3)[C@H]1OC(=O)C(=C(C)C)CC4. The Labute approximate surface area is 273 Å². The minimum atomic E-state index is -1.24. The molecule has 246 valence electrons. The number of aliphatic hydroxyl groups is 1. The summed E-state index contributed by atoms with van der Waals surface area (Å²) in [6.45, 7) is 5.38. The van der Waals surface area contributed by atoms with Gasteiger partial charge in [0, 0.05) is 42.9 Å². The van der Waals surface area contributed by atoms with Crippen LogP contribution in [0.15, 0.2) is 50.7 Å². The standard InChI is InChI=1S/C38H40O9/c1-22(2)26-14-12-23-11-13-24-9-7-10-31(40)44-34-32-30(16-15-27-29(21-39)28(17-19-43-4)37(42)45-33(27)32)47-38(3,35(34)46-36(26)41)18-6-5-8-25(24)20-23/h11,13,15-16,20,34-35,39H,7-10,12,14,17-19,21H2,1-4H3/t34-,35+,38+/m1/s1. The largest absolute Gasteiger partial charge is 0.482 e. The zero-order valence-electron chi connectivity index (χ0n) is 27.3. The van der Waals surface area contributed by atoms with Crippen LogP contribution in [0.4, 0.5) is 0 Å². The lowest BCUT2D eigenvalue weighted by atomic mass is 9.83. The smallest absolute Gasteiger partial charge is 0.339 e. The van der Waals surface area contributed by atoms with Gasteiger partial charge in [0.1, 0.15) is 11.3 Å². The van der Waals surface area contributed by atoms with Crippen LogP contribution >= 0.6 is 0 Å². The number of ether oxygens (including phenoxy) is 4. The Morgan fingerprint density at radius 3 is 2.60 bits per heavy atom. The van der Waals surface area contributed by atoms with Gasteiger partial charge in [-0.2, -0.15) is 0 Å². The number of hydrogen-bond acceptors (Lipinski definition) is 9. The fourth-order valence-electron chi connectivity index (χ4n) is 6.86. The summed E-state index contributed by atoms with van der Waals surface area (Å²) in [5.41, 5.74) is 3.86.